The van der Waals surface area contributed by atoms with Crippen LogP contribution in [0.3, 0.4) is 0 Å². The molecule has 0 radical (unpaired) electrons. The molecule has 0 aliphatic rings. The van der Waals surface area contributed by atoms with E-state index in [9.17, 15) is 0 Å². The first-order valence-corrected chi connectivity index (χ1v) is 24.4. The van der Waals surface area contributed by atoms with Gasteiger partial charge in [0.1, 0.15) is 0 Å². The Bertz CT molecular complexity index is 3700. The summed E-state index contributed by atoms with van der Waals surface area (Å²) in [6, 6.07) is 101. The van der Waals surface area contributed by atoms with Crippen LogP contribution in [-0.2, 0) is 0 Å². The first-order chi connectivity index (χ1) is 35.7. The average molecular weight is 918 g/mol. The van der Waals surface area contributed by atoms with Gasteiger partial charge in [0, 0.05) is 16.7 Å². The predicted molar refractivity (Wildman–Crippen MR) is 300 cm³/mol. The van der Waals surface area contributed by atoms with Gasteiger partial charge in [0.15, 0.2) is 17.5 Å². The lowest BCUT2D eigenvalue weighted by Crippen LogP contribution is -2.02. The first-order valence-electron chi connectivity index (χ1n) is 24.4. The van der Waals surface area contributed by atoms with Crippen molar-refractivity contribution in [3.63, 3.8) is 0 Å². The van der Waals surface area contributed by atoms with Crippen LogP contribution in [0.15, 0.2) is 285 Å². The predicted octanol–water partition coefficient (Wildman–Crippen LogP) is 18.2. The van der Waals surface area contributed by atoms with E-state index in [-0.39, 0.29) is 0 Å². The summed E-state index contributed by atoms with van der Waals surface area (Å²) in [4.78, 5) is 15.5. The van der Waals surface area contributed by atoms with Crippen LogP contribution in [0, 0.1) is 0 Å². The van der Waals surface area contributed by atoms with Gasteiger partial charge in [-0.1, -0.05) is 267 Å². The van der Waals surface area contributed by atoms with Gasteiger partial charge in [-0.05, 0) is 107 Å². The van der Waals surface area contributed by atoms with E-state index in [4.69, 9.17) is 15.0 Å². The molecule has 12 rings (SSSR count). The third-order valence-electron chi connectivity index (χ3n) is 13.3. The summed E-state index contributed by atoms with van der Waals surface area (Å²) in [5, 5.41) is 0. The highest BCUT2D eigenvalue weighted by Gasteiger charge is 2.29. The molecule has 3 nitrogen and oxygen atoms in total. The number of hydrogen-bond donors (Lipinski definition) is 0. The van der Waals surface area contributed by atoms with Crippen molar-refractivity contribution < 1.29 is 0 Å². The summed E-state index contributed by atoms with van der Waals surface area (Å²) in [6.07, 6.45) is 0. The van der Waals surface area contributed by atoms with Crippen molar-refractivity contribution in [1.29, 1.82) is 0 Å². The molecule has 11 aromatic carbocycles. The zero-order valence-electron chi connectivity index (χ0n) is 39.5. The van der Waals surface area contributed by atoms with Crippen LogP contribution < -0.4 is 0 Å². The van der Waals surface area contributed by atoms with Crippen LogP contribution >= 0.6 is 0 Å². The lowest BCUT2D eigenvalue weighted by atomic mass is 9.74. The van der Waals surface area contributed by atoms with Gasteiger partial charge in [0.25, 0.3) is 0 Å². The van der Waals surface area contributed by atoms with Gasteiger partial charge in [-0.2, -0.15) is 0 Å². The zero-order valence-corrected chi connectivity index (χ0v) is 39.5. The Morgan fingerprint density at radius 2 is 0.333 bits per heavy atom. The van der Waals surface area contributed by atoms with Crippen molar-refractivity contribution in [1.82, 2.24) is 15.0 Å². The Kier molecular flexibility index (Phi) is 12.0. The third-order valence-corrected chi connectivity index (χ3v) is 13.3. The molecule has 0 atom stereocenters. The van der Waals surface area contributed by atoms with Gasteiger partial charge < -0.3 is 0 Å². The largest absolute Gasteiger partial charge is 0.208 e. The molecular formula is C69H47N3. The second-order valence-electron chi connectivity index (χ2n) is 17.9. The fourth-order valence-corrected chi connectivity index (χ4v) is 10.0. The molecule has 1 heterocycles. The molecule has 1 aromatic heterocycles. The average Bonchev–Trinajstić information content (AvgIpc) is 3.48. The SMILES string of the molecule is c1ccc(-c2cccc(-c3nc(-c4ccccc4)nc(-c4cccc(-c5cccc(-c6c(-c7ccccc7)c(-c7ccccc7)c(-c7ccccc7)c(-c7ccccc7)c6-c6ccccc6)c5)c4)n3)c2)cc1. The van der Waals surface area contributed by atoms with E-state index in [1.165, 1.54) is 27.8 Å². The molecule has 0 saturated heterocycles. The number of benzene rings is 11. The highest BCUT2D eigenvalue weighted by atomic mass is 15.0. The molecule has 12 aromatic rings. The van der Waals surface area contributed by atoms with E-state index in [0.717, 1.165) is 77.9 Å². The van der Waals surface area contributed by atoms with E-state index in [0.29, 0.717) is 17.5 Å². The fraction of sp³-hybridized carbons (Fsp3) is 0. The topological polar surface area (TPSA) is 38.7 Å². The summed E-state index contributed by atoms with van der Waals surface area (Å²) in [5.74, 6) is 1.85. The molecule has 0 N–H and O–H groups in total. The van der Waals surface area contributed by atoms with Gasteiger partial charge in [-0.25, -0.2) is 15.0 Å². The van der Waals surface area contributed by atoms with Gasteiger partial charge in [0.05, 0.1) is 0 Å². The van der Waals surface area contributed by atoms with E-state index in [1.54, 1.807) is 0 Å². The fourth-order valence-electron chi connectivity index (χ4n) is 10.0. The Hall–Kier alpha value is -9.57. The molecular weight excluding hydrogens is 871 g/mol. The number of hydrogen-bond acceptors (Lipinski definition) is 3. The lowest BCUT2D eigenvalue weighted by molar-refractivity contribution is 1.07. The smallest absolute Gasteiger partial charge is 0.164 e. The normalized spacial score (nSPS) is 11.1. The highest BCUT2D eigenvalue weighted by Crippen LogP contribution is 2.56. The number of aromatic nitrogens is 3. The molecule has 3 heteroatoms. The van der Waals surface area contributed by atoms with Crippen molar-refractivity contribution in [2.24, 2.45) is 0 Å². The van der Waals surface area contributed by atoms with Gasteiger partial charge in [-0.3, -0.25) is 0 Å². The Morgan fingerprint density at radius 1 is 0.139 bits per heavy atom. The standard InChI is InChI=1S/C69H47N3/c1-8-25-48(26-9-1)55-39-23-43-59(46-55)68-70-67(54-37-20-7-21-38-54)71-69(72-68)60-44-24-41-57(47-60)56-40-22-42-58(45-56)66-64(52-33-16-5-17-34-52)62(50-29-12-3-13-30-50)61(49-27-10-2-11-28-49)63(51-31-14-4-15-32-51)65(66)53-35-18-6-19-36-53/h1-47H. The van der Waals surface area contributed by atoms with E-state index >= 15 is 0 Å². The second-order valence-corrected chi connectivity index (χ2v) is 17.9. The van der Waals surface area contributed by atoms with Crippen molar-refractivity contribution >= 4 is 0 Å². The maximum absolute atomic E-state index is 5.21. The minimum Gasteiger partial charge on any atom is -0.208 e. The molecule has 0 spiro atoms. The van der Waals surface area contributed by atoms with Crippen molar-refractivity contribution in [2.75, 3.05) is 0 Å². The zero-order chi connectivity index (χ0) is 48.1. The van der Waals surface area contributed by atoms with E-state index < -0.39 is 0 Å². The van der Waals surface area contributed by atoms with E-state index in [2.05, 4.69) is 261 Å². The minimum absolute atomic E-state index is 0.608. The monoisotopic (exact) mass is 917 g/mol. The van der Waals surface area contributed by atoms with Crippen LogP contribution in [0.25, 0.3) is 123 Å². The van der Waals surface area contributed by atoms with Crippen LogP contribution in [0.4, 0.5) is 0 Å². The molecule has 0 amide bonds. The summed E-state index contributed by atoms with van der Waals surface area (Å²) in [5.41, 5.74) is 21.0. The first kappa shape index (κ1) is 43.7. The highest BCUT2D eigenvalue weighted by molar-refractivity contribution is 6.15. The van der Waals surface area contributed by atoms with Gasteiger partial charge in [-0.15, -0.1) is 0 Å². The Morgan fingerprint density at radius 3 is 0.653 bits per heavy atom. The van der Waals surface area contributed by atoms with Crippen LogP contribution in [-0.4, -0.2) is 15.0 Å². The van der Waals surface area contributed by atoms with E-state index in [1.807, 2.05) is 24.3 Å². The molecule has 0 saturated carbocycles. The summed E-state index contributed by atoms with van der Waals surface area (Å²) < 4.78 is 0. The third kappa shape index (κ3) is 8.72. The van der Waals surface area contributed by atoms with Crippen molar-refractivity contribution in [3.05, 3.63) is 285 Å². The quantitative estimate of drug-likeness (QED) is 0.130. The second kappa shape index (κ2) is 19.8. The molecule has 0 aliphatic heterocycles. The molecule has 72 heavy (non-hydrogen) atoms. The molecule has 0 unspecified atom stereocenters. The maximum Gasteiger partial charge on any atom is 0.164 e. The number of nitrogens with zero attached hydrogens (tertiary/aromatic N) is 3. The van der Waals surface area contributed by atoms with Crippen LogP contribution in [0.1, 0.15) is 0 Å². The maximum atomic E-state index is 5.21. The number of rotatable bonds is 11. The van der Waals surface area contributed by atoms with Gasteiger partial charge >= 0.3 is 0 Å². The molecule has 0 aliphatic carbocycles. The minimum atomic E-state index is 0.608. The molecule has 0 bridgehead atoms. The molecule has 338 valence electrons. The molecule has 0 fully saturated rings. The summed E-state index contributed by atoms with van der Waals surface area (Å²) >= 11 is 0. The summed E-state index contributed by atoms with van der Waals surface area (Å²) in [6.45, 7) is 0. The van der Waals surface area contributed by atoms with Crippen LogP contribution in [0.5, 0.6) is 0 Å². The lowest BCUT2D eigenvalue weighted by Gasteiger charge is -2.29. The van der Waals surface area contributed by atoms with Gasteiger partial charge in [0.2, 0.25) is 0 Å². The Balaban J connectivity index is 1.09. The van der Waals surface area contributed by atoms with Crippen LogP contribution in [0.2, 0.25) is 0 Å². The van der Waals surface area contributed by atoms with Crippen molar-refractivity contribution in [2.45, 2.75) is 0 Å². The van der Waals surface area contributed by atoms with Crippen molar-refractivity contribution in [3.8, 4) is 123 Å². The summed E-state index contributed by atoms with van der Waals surface area (Å²) in [7, 11) is 0. The Labute approximate surface area is 421 Å².